The number of carboxylic acids is 1. The molecule has 0 aromatic carbocycles. The Labute approximate surface area is 98.0 Å². The molecule has 0 aliphatic rings. The summed E-state index contributed by atoms with van der Waals surface area (Å²) in [7, 11) is 0. The van der Waals surface area contributed by atoms with Crippen molar-refractivity contribution < 1.29 is 14.7 Å². The molecule has 2 amide bonds. The van der Waals surface area contributed by atoms with E-state index in [1.165, 1.54) is 12.3 Å². The van der Waals surface area contributed by atoms with E-state index in [4.69, 9.17) is 10.8 Å². The minimum atomic E-state index is -1.19. The molecule has 7 heteroatoms. The standard InChI is InChI=1S/C10H14N4O3/c11-4-2-6-13-10(17)14-7-3-1-5-12-8(7)9(15)16/h1,3,5H,2,4,6,11H2,(H,15,16)(H2,13,14,17). The Morgan fingerprint density at radius 1 is 1.47 bits per heavy atom. The van der Waals surface area contributed by atoms with E-state index in [9.17, 15) is 9.59 Å². The van der Waals surface area contributed by atoms with Gasteiger partial charge in [0, 0.05) is 12.7 Å². The van der Waals surface area contributed by atoms with Crippen LogP contribution < -0.4 is 16.4 Å². The number of aromatic nitrogens is 1. The van der Waals surface area contributed by atoms with Crippen LogP contribution in [-0.2, 0) is 0 Å². The number of nitrogens with two attached hydrogens (primary N) is 1. The van der Waals surface area contributed by atoms with Crippen LogP contribution >= 0.6 is 0 Å². The quantitative estimate of drug-likeness (QED) is 0.548. The van der Waals surface area contributed by atoms with Crippen LogP contribution in [0.2, 0.25) is 0 Å². The molecule has 17 heavy (non-hydrogen) atoms. The zero-order chi connectivity index (χ0) is 12.7. The predicted molar refractivity (Wildman–Crippen MR) is 61.9 cm³/mol. The summed E-state index contributed by atoms with van der Waals surface area (Å²) in [4.78, 5) is 25.9. The topological polar surface area (TPSA) is 117 Å². The predicted octanol–water partition coefficient (Wildman–Crippen LogP) is 0.250. The van der Waals surface area contributed by atoms with Crippen molar-refractivity contribution in [2.75, 3.05) is 18.4 Å². The summed E-state index contributed by atoms with van der Waals surface area (Å²) in [5, 5.41) is 13.8. The Bertz CT molecular complexity index is 408. The third kappa shape index (κ3) is 4.07. The molecule has 1 rings (SSSR count). The molecule has 0 saturated carbocycles. The number of urea groups is 1. The van der Waals surface area contributed by atoms with Gasteiger partial charge in [-0.25, -0.2) is 14.6 Å². The first kappa shape index (κ1) is 12.9. The van der Waals surface area contributed by atoms with Gasteiger partial charge in [0.05, 0.1) is 5.69 Å². The monoisotopic (exact) mass is 238 g/mol. The Morgan fingerprint density at radius 3 is 2.88 bits per heavy atom. The van der Waals surface area contributed by atoms with Gasteiger partial charge < -0.3 is 21.5 Å². The highest BCUT2D eigenvalue weighted by molar-refractivity contribution is 5.98. The zero-order valence-electron chi connectivity index (χ0n) is 9.14. The van der Waals surface area contributed by atoms with Crippen molar-refractivity contribution in [2.45, 2.75) is 6.42 Å². The fraction of sp³-hybridized carbons (Fsp3) is 0.300. The van der Waals surface area contributed by atoms with E-state index in [1.54, 1.807) is 6.07 Å². The van der Waals surface area contributed by atoms with Crippen LogP contribution in [-0.4, -0.2) is 35.2 Å². The van der Waals surface area contributed by atoms with Crippen molar-refractivity contribution in [2.24, 2.45) is 5.73 Å². The molecule has 92 valence electrons. The highest BCUT2D eigenvalue weighted by Crippen LogP contribution is 2.11. The lowest BCUT2D eigenvalue weighted by atomic mass is 10.3. The summed E-state index contributed by atoms with van der Waals surface area (Å²) in [5.41, 5.74) is 5.24. The minimum absolute atomic E-state index is 0.158. The fourth-order valence-electron chi connectivity index (χ4n) is 1.15. The largest absolute Gasteiger partial charge is 0.476 e. The molecule has 0 fully saturated rings. The minimum Gasteiger partial charge on any atom is -0.476 e. The number of carbonyl (C=O) groups excluding carboxylic acids is 1. The first-order valence-electron chi connectivity index (χ1n) is 5.08. The lowest BCUT2D eigenvalue weighted by Gasteiger charge is -2.08. The molecule has 0 atom stereocenters. The van der Waals surface area contributed by atoms with Crippen LogP contribution in [0.15, 0.2) is 18.3 Å². The number of hydrogen-bond donors (Lipinski definition) is 4. The zero-order valence-corrected chi connectivity index (χ0v) is 9.14. The maximum atomic E-state index is 11.4. The van der Waals surface area contributed by atoms with E-state index < -0.39 is 12.0 Å². The van der Waals surface area contributed by atoms with Crippen LogP contribution in [0, 0.1) is 0 Å². The van der Waals surface area contributed by atoms with Crippen molar-refractivity contribution in [1.29, 1.82) is 0 Å². The van der Waals surface area contributed by atoms with Crippen molar-refractivity contribution >= 4 is 17.7 Å². The Kier molecular flexibility index (Phi) is 4.89. The maximum Gasteiger partial charge on any atom is 0.356 e. The SMILES string of the molecule is NCCCNC(=O)Nc1cccnc1C(=O)O. The molecule has 0 bridgehead atoms. The Morgan fingerprint density at radius 2 is 2.24 bits per heavy atom. The first-order valence-corrected chi connectivity index (χ1v) is 5.08. The number of anilines is 1. The van der Waals surface area contributed by atoms with Crippen molar-refractivity contribution in [3.8, 4) is 0 Å². The molecular formula is C10H14N4O3. The van der Waals surface area contributed by atoms with Gasteiger partial charge in [-0.1, -0.05) is 0 Å². The van der Waals surface area contributed by atoms with E-state index in [-0.39, 0.29) is 11.4 Å². The number of rotatable bonds is 5. The molecule has 5 N–H and O–H groups in total. The summed E-state index contributed by atoms with van der Waals surface area (Å²) in [6.45, 7) is 0.915. The third-order valence-corrected chi connectivity index (χ3v) is 1.92. The molecule has 1 heterocycles. The van der Waals surface area contributed by atoms with E-state index in [2.05, 4.69) is 15.6 Å². The molecule has 0 aliphatic heterocycles. The number of nitrogens with one attached hydrogen (secondary N) is 2. The lowest BCUT2D eigenvalue weighted by Crippen LogP contribution is -2.31. The average Bonchev–Trinajstić information content (AvgIpc) is 2.29. The van der Waals surface area contributed by atoms with Crippen molar-refractivity contribution in [1.82, 2.24) is 10.3 Å². The molecule has 0 unspecified atom stereocenters. The van der Waals surface area contributed by atoms with Crippen LogP contribution in [0.25, 0.3) is 0 Å². The molecule has 1 aromatic rings. The van der Waals surface area contributed by atoms with E-state index in [0.717, 1.165) is 0 Å². The van der Waals surface area contributed by atoms with E-state index >= 15 is 0 Å². The van der Waals surface area contributed by atoms with Crippen LogP contribution in [0.5, 0.6) is 0 Å². The Hall–Kier alpha value is -2.15. The first-order chi connectivity index (χ1) is 8.15. The van der Waals surface area contributed by atoms with Gasteiger partial charge in [-0.2, -0.15) is 0 Å². The van der Waals surface area contributed by atoms with E-state index in [1.807, 2.05) is 0 Å². The van der Waals surface area contributed by atoms with Gasteiger partial charge in [0.1, 0.15) is 0 Å². The second-order valence-electron chi connectivity index (χ2n) is 3.23. The highest BCUT2D eigenvalue weighted by Gasteiger charge is 2.12. The second kappa shape index (κ2) is 6.44. The van der Waals surface area contributed by atoms with Gasteiger partial charge in [0.2, 0.25) is 0 Å². The lowest BCUT2D eigenvalue weighted by molar-refractivity contribution is 0.0692. The number of pyridine rings is 1. The second-order valence-corrected chi connectivity index (χ2v) is 3.23. The molecule has 7 nitrogen and oxygen atoms in total. The van der Waals surface area contributed by atoms with Gasteiger partial charge in [0.25, 0.3) is 0 Å². The smallest absolute Gasteiger partial charge is 0.356 e. The number of carboxylic acid groups (broad SMARTS) is 1. The highest BCUT2D eigenvalue weighted by atomic mass is 16.4. The number of amides is 2. The number of hydrogen-bond acceptors (Lipinski definition) is 4. The molecule has 0 spiro atoms. The summed E-state index contributed by atoms with van der Waals surface area (Å²) in [6, 6.07) is 2.54. The van der Waals surface area contributed by atoms with Crippen molar-refractivity contribution in [3.05, 3.63) is 24.0 Å². The summed E-state index contributed by atoms with van der Waals surface area (Å²) in [5.74, 6) is -1.19. The molecule has 0 saturated heterocycles. The van der Waals surface area contributed by atoms with Gasteiger partial charge in [-0.05, 0) is 25.1 Å². The van der Waals surface area contributed by atoms with Gasteiger partial charge in [0.15, 0.2) is 5.69 Å². The number of carbonyl (C=O) groups is 2. The fourth-order valence-corrected chi connectivity index (χ4v) is 1.15. The molecule has 0 radical (unpaired) electrons. The normalized spacial score (nSPS) is 9.71. The number of aromatic carboxylic acids is 1. The van der Waals surface area contributed by atoms with Crippen molar-refractivity contribution in [3.63, 3.8) is 0 Å². The number of nitrogens with zero attached hydrogens (tertiary/aromatic N) is 1. The Balaban J connectivity index is 2.61. The van der Waals surface area contributed by atoms with Crippen LogP contribution in [0.3, 0.4) is 0 Å². The van der Waals surface area contributed by atoms with Crippen LogP contribution in [0.1, 0.15) is 16.9 Å². The molecular weight excluding hydrogens is 224 g/mol. The molecule has 1 aromatic heterocycles. The van der Waals surface area contributed by atoms with Gasteiger partial charge in [-0.15, -0.1) is 0 Å². The average molecular weight is 238 g/mol. The summed E-state index contributed by atoms with van der Waals surface area (Å²) < 4.78 is 0. The van der Waals surface area contributed by atoms with Gasteiger partial charge >= 0.3 is 12.0 Å². The summed E-state index contributed by atoms with van der Waals surface area (Å²) >= 11 is 0. The molecule has 0 aliphatic carbocycles. The van der Waals surface area contributed by atoms with Gasteiger partial charge in [-0.3, -0.25) is 0 Å². The summed E-state index contributed by atoms with van der Waals surface area (Å²) in [6.07, 6.45) is 2.01. The van der Waals surface area contributed by atoms with Crippen LogP contribution in [0.4, 0.5) is 10.5 Å². The maximum absolute atomic E-state index is 11.4. The van der Waals surface area contributed by atoms with E-state index in [0.29, 0.717) is 19.5 Å². The third-order valence-electron chi connectivity index (χ3n) is 1.92.